The Bertz CT molecular complexity index is 523. The fraction of sp³-hybridized carbons (Fsp3) is 0.286. The predicted molar refractivity (Wildman–Crippen MR) is 76.3 cm³/mol. The second-order valence-electron chi connectivity index (χ2n) is 4.02. The summed E-state index contributed by atoms with van der Waals surface area (Å²) in [7, 11) is 1.89. The Balaban J connectivity index is 2.31. The van der Waals surface area contributed by atoms with E-state index in [1.807, 2.05) is 7.05 Å². The summed E-state index contributed by atoms with van der Waals surface area (Å²) < 4.78 is 0. The van der Waals surface area contributed by atoms with Crippen molar-refractivity contribution in [2.45, 2.75) is 30.2 Å². The Morgan fingerprint density at radius 2 is 1.89 bits per heavy atom. The van der Waals surface area contributed by atoms with Gasteiger partial charge in [0.15, 0.2) is 0 Å². The normalized spacial score (nSPS) is 10.4. The summed E-state index contributed by atoms with van der Waals surface area (Å²) in [5.41, 5.74) is 2.44. The topological polar surface area (TPSA) is 37.8 Å². The summed E-state index contributed by atoms with van der Waals surface area (Å²) in [6.07, 6.45) is 2.53. The van der Waals surface area contributed by atoms with Gasteiger partial charge in [-0.25, -0.2) is 9.97 Å². The van der Waals surface area contributed by atoms with Crippen molar-refractivity contribution in [1.82, 2.24) is 9.97 Å². The number of benzene rings is 1. The summed E-state index contributed by atoms with van der Waals surface area (Å²) in [4.78, 5) is 9.84. The first-order valence-electron chi connectivity index (χ1n) is 6.00. The van der Waals surface area contributed by atoms with Gasteiger partial charge in [-0.2, -0.15) is 0 Å². The van der Waals surface area contributed by atoms with Gasteiger partial charge in [0.05, 0.1) is 0 Å². The van der Waals surface area contributed by atoms with E-state index in [1.54, 1.807) is 18.1 Å². The number of hydrogen-bond acceptors (Lipinski definition) is 4. The molecule has 2 rings (SSSR count). The summed E-state index contributed by atoms with van der Waals surface area (Å²) in [6.45, 7) is 4.22. The van der Waals surface area contributed by atoms with E-state index >= 15 is 0 Å². The van der Waals surface area contributed by atoms with Crippen LogP contribution >= 0.6 is 11.8 Å². The number of nitrogens with zero attached hydrogens (tertiary/aromatic N) is 2. The Kier molecular flexibility index (Phi) is 4.20. The Morgan fingerprint density at radius 3 is 2.50 bits per heavy atom. The summed E-state index contributed by atoms with van der Waals surface area (Å²) in [5.74, 6) is 0.919. The molecule has 0 spiro atoms. The third kappa shape index (κ3) is 2.82. The van der Waals surface area contributed by atoms with Crippen LogP contribution in [0.25, 0.3) is 0 Å². The summed E-state index contributed by atoms with van der Waals surface area (Å²) in [6, 6.07) is 8.49. The molecule has 1 aromatic carbocycles. The molecule has 0 bridgehead atoms. The van der Waals surface area contributed by atoms with Crippen LogP contribution in [0.1, 0.15) is 18.1 Å². The maximum Gasteiger partial charge on any atom is 0.133 e. The molecule has 0 saturated heterocycles. The maximum absolute atomic E-state index is 4.39. The van der Waals surface area contributed by atoms with Gasteiger partial charge >= 0.3 is 0 Å². The minimum atomic E-state index is 0.919. The standard InChI is InChI=1S/C14H17N3S/c1-4-12-13(15-3)16-9-17-14(12)18-11-7-5-10(2)6-8-11/h5-9H,4H2,1-3H3,(H,15,16,17). The fourth-order valence-corrected chi connectivity index (χ4v) is 2.70. The molecule has 0 fully saturated rings. The number of rotatable bonds is 4. The molecule has 1 N–H and O–H groups in total. The van der Waals surface area contributed by atoms with Crippen LogP contribution in [-0.2, 0) is 6.42 Å². The van der Waals surface area contributed by atoms with E-state index in [9.17, 15) is 0 Å². The number of aryl methyl sites for hydroxylation is 1. The number of aromatic nitrogens is 2. The lowest BCUT2D eigenvalue weighted by Gasteiger charge is -2.10. The quantitative estimate of drug-likeness (QED) is 0.852. The Morgan fingerprint density at radius 1 is 1.17 bits per heavy atom. The molecule has 0 unspecified atom stereocenters. The smallest absolute Gasteiger partial charge is 0.133 e. The van der Waals surface area contributed by atoms with Crippen LogP contribution in [0.5, 0.6) is 0 Å². The van der Waals surface area contributed by atoms with Gasteiger partial charge in [0.25, 0.3) is 0 Å². The molecule has 3 nitrogen and oxygen atoms in total. The van der Waals surface area contributed by atoms with Gasteiger partial charge in [0, 0.05) is 17.5 Å². The molecule has 0 atom stereocenters. The SMILES string of the molecule is CCc1c(NC)ncnc1Sc1ccc(C)cc1. The highest BCUT2D eigenvalue weighted by molar-refractivity contribution is 7.99. The largest absolute Gasteiger partial charge is 0.373 e. The molecule has 2 aromatic rings. The van der Waals surface area contributed by atoms with Gasteiger partial charge in [0.1, 0.15) is 17.2 Å². The van der Waals surface area contributed by atoms with Gasteiger partial charge < -0.3 is 5.32 Å². The third-order valence-electron chi connectivity index (χ3n) is 2.73. The van der Waals surface area contributed by atoms with Crippen molar-refractivity contribution in [2.24, 2.45) is 0 Å². The molecule has 1 aromatic heterocycles. The van der Waals surface area contributed by atoms with Crippen molar-refractivity contribution >= 4 is 17.6 Å². The van der Waals surface area contributed by atoms with Crippen LogP contribution in [0.3, 0.4) is 0 Å². The first kappa shape index (κ1) is 12.9. The van der Waals surface area contributed by atoms with Crippen LogP contribution in [0, 0.1) is 6.92 Å². The van der Waals surface area contributed by atoms with E-state index in [0.29, 0.717) is 0 Å². The third-order valence-corrected chi connectivity index (χ3v) is 3.78. The first-order valence-corrected chi connectivity index (χ1v) is 6.82. The van der Waals surface area contributed by atoms with E-state index in [1.165, 1.54) is 16.0 Å². The van der Waals surface area contributed by atoms with E-state index in [4.69, 9.17) is 0 Å². The molecule has 0 amide bonds. The molecule has 0 radical (unpaired) electrons. The highest BCUT2D eigenvalue weighted by Crippen LogP contribution is 2.31. The van der Waals surface area contributed by atoms with Crippen LogP contribution in [0.15, 0.2) is 40.5 Å². The van der Waals surface area contributed by atoms with Gasteiger partial charge in [-0.05, 0) is 25.5 Å². The molecular weight excluding hydrogens is 242 g/mol. The minimum Gasteiger partial charge on any atom is -0.373 e. The van der Waals surface area contributed by atoms with Crippen molar-refractivity contribution in [3.05, 3.63) is 41.7 Å². The molecule has 18 heavy (non-hydrogen) atoms. The van der Waals surface area contributed by atoms with E-state index in [0.717, 1.165) is 17.3 Å². The fourth-order valence-electron chi connectivity index (χ4n) is 1.74. The lowest BCUT2D eigenvalue weighted by Crippen LogP contribution is -2.01. The minimum absolute atomic E-state index is 0.919. The molecule has 0 aliphatic rings. The molecular formula is C14H17N3S. The second kappa shape index (κ2) is 5.87. The first-order chi connectivity index (χ1) is 8.74. The average molecular weight is 259 g/mol. The van der Waals surface area contributed by atoms with Crippen molar-refractivity contribution < 1.29 is 0 Å². The maximum atomic E-state index is 4.39. The molecule has 0 aliphatic carbocycles. The summed E-state index contributed by atoms with van der Waals surface area (Å²) >= 11 is 1.69. The van der Waals surface area contributed by atoms with Crippen molar-refractivity contribution in [2.75, 3.05) is 12.4 Å². The van der Waals surface area contributed by atoms with Gasteiger partial charge in [-0.15, -0.1) is 0 Å². The zero-order valence-corrected chi connectivity index (χ0v) is 11.7. The van der Waals surface area contributed by atoms with Crippen LogP contribution in [0.4, 0.5) is 5.82 Å². The Hall–Kier alpha value is -1.55. The molecule has 0 aliphatic heterocycles. The second-order valence-corrected chi connectivity index (χ2v) is 5.09. The number of hydrogen-bond donors (Lipinski definition) is 1. The van der Waals surface area contributed by atoms with Gasteiger partial charge in [0.2, 0.25) is 0 Å². The van der Waals surface area contributed by atoms with E-state index < -0.39 is 0 Å². The zero-order chi connectivity index (χ0) is 13.0. The predicted octanol–water partition coefficient (Wildman–Crippen LogP) is 3.54. The van der Waals surface area contributed by atoms with Gasteiger partial charge in [-0.1, -0.05) is 36.4 Å². The van der Waals surface area contributed by atoms with Crippen molar-refractivity contribution in [3.8, 4) is 0 Å². The Labute approximate surface area is 112 Å². The lowest BCUT2D eigenvalue weighted by molar-refractivity contribution is 0.946. The van der Waals surface area contributed by atoms with Crippen LogP contribution in [-0.4, -0.2) is 17.0 Å². The highest BCUT2D eigenvalue weighted by atomic mass is 32.2. The highest BCUT2D eigenvalue weighted by Gasteiger charge is 2.09. The van der Waals surface area contributed by atoms with Crippen LogP contribution in [0.2, 0.25) is 0 Å². The van der Waals surface area contributed by atoms with Crippen molar-refractivity contribution in [1.29, 1.82) is 0 Å². The molecule has 4 heteroatoms. The van der Waals surface area contributed by atoms with E-state index in [-0.39, 0.29) is 0 Å². The zero-order valence-electron chi connectivity index (χ0n) is 10.9. The lowest BCUT2D eigenvalue weighted by atomic mass is 10.2. The average Bonchev–Trinajstić information content (AvgIpc) is 2.41. The molecule has 94 valence electrons. The number of nitrogens with one attached hydrogen (secondary N) is 1. The summed E-state index contributed by atoms with van der Waals surface area (Å²) in [5, 5.41) is 4.15. The van der Waals surface area contributed by atoms with E-state index in [2.05, 4.69) is 53.4 Å². The molecule has 0 saturated carbocycles. The van der Waals surface area contributed by atoms with Crippen LogP contribution < -0.4 is 5.32 Å². The molecule has 1 heterocycles. The number of anilines is 1. The monoisotopic (exact) mass is 259 g/mol. The van der Waals surface area contributed by atoms with Gasteiger partial charge in [-0.3, -0.25) is 0 Å². The van der Waals surface area contributed by atoms with Crippen molar-refractivity contribution in [3.63, 3.8) is 0 Å².